The number of hydrazone groups is 1. The normalized spacial score (nSPS) is 11.1. The molecule has 0 atom stereocenters. The molecule has 0 heterocycles. The molecule has 0 aliphatic rings. The van der Waals surface area contributed by atoms with Gasteiger partial charge in [-0.25, -0.2) is 0 Å². The van der Waals surface area contributed by atoms with E-state index in [0.29, 0.717) is 16.4 Å². The van der Waals surface area contributed by atoms with Crippen LogP contribution in [0.25, 0.3) is 0 Å². The molecule has 0 saturated carbocycles. The van der Waals surface area contributed by atoms with E-state index in [9.17, 15) is 4.79 Å². The van der Waals surface area contributed by atoms with Crippen LogP contribution in [0.4, 0.5) is 11.4 Å². The number of nitrogens with one attached hydrogen (secondary N) is 2. The minimum absolute atomic E-state index is 0.213. The molecule has 2 aromatic carbocycles. The summed E-state index contributed by atoms with van der Waals surface area (Å²) in [6, 6.07) is 14.4. The first-order valence-electron chi connectivity index (χ1n) is 6.18. The van der Waals surface area contributed by atoms with Crippen molar-refractivity contribution < 1.29 is 4.79 Å². The van der Waals surface area contributed by atoms with E-state index in [-0.39, 0.29) is 5.17 Å². The van der Waals surface area contributed by atoms with Gasteiger partial charge >= 0.3 is 0 Å². The van der Waals surface area contributed by atoms with E-state index < -0.39 is 5.91 Å². The standard InChI is InChI=1S/C15H13Cl2N3O/c1-10-7-8-13(12(16)9-10)19-20-14(17)15(21)18-11-5-3-2-4-6-11/h2-9,19H,1H3,(H,18,21)/b20-14+. The topological polar surface area (TPSA) is 53.5 Å². The van der Waals surface area contributed by atoms with E-state index in [1.807, 2.05) is 31.2 Å². The molecule has 2 N–H and O–H groups in total. The van der Waals surface area contributed by atoms with Gasteiger partial charge in [-0.1, -0.05) is 47.5 Å². The first-order chi connectivity index (χ1) is 10.1. The van der Waals surface area contributed by atoms with Crippen molar-refractivity contribution in [1.82, 2.24) is 0 Å². The van der Waals surface area contributed by atoms with Crippen LogP contribution in [0.5, 0.6) is 0 Å². The fraction of sp³-hybridized carbons (Fsp3) is 0.0667. The summed E-state index contributed by atoms with van der Waals surface area (Å²) in [4.78, 5) is 11.8. The summed E-state index contributed by atoms with van der Waals surface area (Å²) in [5.41, 5.74) is 4.92. The predicted molar refractivity (Wildman–Crippen MR) is 88.2 cm³/mol. The van der Waals surface area contributed by atoms with Gasteiger partial charge in [0.05, 0.1) is 10.7 Å². The van der Waals surface area contributed by atoms with Gasteiger partial charge in [-0.05, 0) is 36.8 Å². The van der Waals surface area contributed by atoms with Gasteiger partial charge < -0.3 is 5.32 Å². The van der Waals surface area contributed by atoms with Crippen molar-refractivity contribution in [3.63, 3.8) is 0 Å². The Bertz CT molecular complexity index is 672. The zero-order chi connectivity index (χ0) is 15.2. The molecule has 0 fully saturated rings. The SMILES string of the molecule is Cc1ccc(N/N=C(/Cl)C(=O)Nc2ccccc2)c(Cl)c1. The largest absolute Gasteiger partial charge is 0.320 e. The second kappa shape index (κ2) is 7.11. The van der Waals surface area contributed by atoms with Crippen molar-refractivity contribution >= 4 is 45.7 Å². The number of amides is 1. The molecule has 4 nitrogen and oxygen atoms in total. The van der Waals surface area contributed by atoms with Gasteiger partial charge in [-0.3, -0.25) is 10.2 Å². The Balaban J connectivity index is 2.02. The first kappa shape index (κ1) is 15.4. The molecule has 0 saturated heterocycles. The summed E-state index contributed by atoms with van der Waals surface area (Å²) >= 11 is 11.9. The second-order valence-electron chi connectivity index (χ2n) is 4.32. The molecule has 6 heteroatoms. The van der Waals surface area contributed by atoms with Gasteiger partial charge in [0.1, 0.15) is 0 Å². The second-order valence-corrected chi connectivity index (χ2v) is 5.08. The zero-order valence-corrected chi connectivity index (χ0v) is 12.7. The number of para-hydroxylation sites is 1. The number of benzene rings is 2. The Morgan fingerprint density at radius 1 is 1.14 bits per heavy atom. The molecule has 0 aliphatic carbocycles. The summed E-state index contributed by atoms with van der Waals surface area (Å²) < 4.78 is 0. The summed E-state index contributed by atoms with van der Waals surface area (Å²) in [6.45, 7) is 1.93. The number of carbonyl (C=O) groups excluding carboxylic acids is 1. The fourth-order valence-electron chi connectivity index (χ4n) is 1.58. The van der Waals surface area contributed by atoms with Crippen LogP contribution in [0.1, 0.15) is 5.56 Å². The van der Waals surface area contributed by atoms with Gasteiger partial charge in [0, 0.05) is 5.69 Å². The van der Waals surface area contributed by atoms with Crippen molar-refractivity contribution in [3.8, 4) is 0 Å². The molecular weight excluding hydrogens is 309 g/mol. The maximum absolute atomic E-state index is 11.8. The highest BCUT2D eigenvalue weighted by molar-refractivity contribution is 6.84. The molecule has 108 valence electrons. The fourth-order valence-corrected chi connectivity index (χ4v) is 1.94. The van der Waals surface area contributed by atoms with Crippen LogP contribution >= 0.6 is 23.2 Å². The van der Waals surface area contributed by atoms with E-state index in [1.54, 1.807) is 24.3 Å². The van der Waals surface area contributed by atoms with Gasteiger partial charge in [0.25, 0.3) is 5.91 Å². The highest BCUT2D eigenvalue weighted by Crippen LogP contribution is 2.22. The molecule has 1 amide bonds. The highest BCUT2D eigenvalue weighted by atomic mass is 35.5. The highest BCUT2D eigenvalue weighted by Gasteiger charge is 2.09. The number of halogens is 2. The molecule has 0 radical (unpaired) electrons. The van der Waals surface area contributed by atoms with Crippen LogP contribution in [0, 0.1) is 6.92 Å². The summed E-state index contributed by atoms with van der Waals surface area (Å²) in [7, 11) is 0. The lowest BCUT2D eigenvalue weighted by Crippen LogP contribution is -2.19. The molecule has 0 aromatic heterocycles. The monoisotopic (exact) mass is 321 g/mol. The van der Waals surface area contributed by atoms with Crippen molar-refractivity contribution in [1.29, 1.82) is 0 Å². The van der Waals surface area contributed by atoms with E-state index in [0.717, 1.165) is 5.56 Å². The molecular formula is C15H13Cl2N3O. The number of carbonyl (C=O) groups is 1. The Hall–Kier alpha value is -2.04. The minimum atomic E-state index is -0.501. The Morgan fingerprint density at radius 3 is 2.52 bits per heavy atom. The lowest BCUT2D eigenvalue weighted by atomic mass is 10.2. The summed E-state index contributed by atoms with van der Waals surface area (Å²) in [5, 5.41) is 6.74. The van der Waals surface area contributed by atoms with E-state index >= 15 is 0 Å². The Labute approximate surface area is 132 Å². The number of nitrogens with zero attached hydrogens (tertiary/aromatic N) is 1. The van der Waals surface area contributed by atoms with Crippen LogP contribution in [-0.4, -0.2) is 11.1 Å². The maximum atomic E-state index is 11.8. The first-order valence-corrected chi connectivity index (χ1v) is 6.93. The average Bonchev–Trinajstić information content (AvgIpc) is 2.47. The summed E-state index contributed by atoms with van der Waals surface area (Å²) in [5.74, 6) is -0.501. The lowest BCUT2D eigenvalue weighted by molar-refractivity contribution is -0.110. The lowest BCUT2D eigenvalue weighted by Gasteiger charge is -2.06. The maximum Gasteiger partial charge on any atom is 0.287 e. The molecule has 21 heavy (non-hydrogen) atoms. The molecule has 0 bridgehead atoms. The van der Waals surface area contributed by atoms with Crippen molar-refractivity contribution in [2.75, 3.05) is 10.7 Å². The number of aryl methyl sites for hydroxylation is 1. The van der Waals surface area contributed by atoms with Gasteiger partial charge in [0.2, 0.25) is 5.17 Å². The van der Waals surface area contributed by atoms with E-state index in [2.05, 4.69) is 15.8 Å². The molecule has 0 unspecified atom stereocenters. The van der Waals surface area contributed by atoms with Crippen molar-refractivity contribution in [2.24, 2.45) is 5.10 Å². The number of hydrogen-bond acceptors (Lipinski definition) is 3. The van der Waals surface area contributed by atoms with Crippen LogP contribution in [0.15, 0.2) is 53.6 Å². The summed E-state index contributed by atoms with van der Waals surface area (Å²) in [6.07, 6.45) is 0. The number of anilines is 2. The third-order valence-electron chi connectivity index (χ3n) is 2.62. The van der Waals surface area contributed by atoms with Crippen molar-refractivity contribution in [3.05, 3.63) is 59.1 Å². The third-order valence-corrected chi connectivity index (χ3v) is 3.19. The average molecular weight is 322 g/mol. The van der Waals surface area contributed by atoms with Crippen LogP contribution in [0.2, 0.25) is 5.02 Å². The number of hydrogen-bond donors (Lipinski definition) is 2. The van der Waals surface area contributed by atoms with Crippen LogP contribution < -0.4 is 10.7 Å². The molecule has 0 aliphatic heterocycles. The van der Waals surface area contributed by atoms with Gasteiger partial charge in [-0.2, -0.15) is 5.10 Å². The predicted octanol–water partition coefficient (Wildman–Crippen LogP) is 4.25. The van der Waals surface area contributed by atoms with Crippen molar-refractivity contribution in [2.45, 2.75) is 6.92 Å². The van der Waals surface area contributed by atoms with E-state index in [4.69, 9.17) is 23.2 Å². The minimum Gasteiger partial charge on any atom is -0.320 e. The zero-order valence-electron chi connectivity index (χ0n) is 11.2. The third kappa shape index (κ3) is 4.48. The smallest absolute Gasteiger partial charge is 0.287 e. The van der Waals surface area contributed by atoms with Crippen LogP contribution in [0.3, 0.4) is 0 Å². The molecule has 2 aromatic rings. The Morgan fingerprint density at radius 2 is 1.86 bits per heavy atom. The number of rotatable bonds is 4. The van der Waals surface area contributed by atoms with Gasteiger partial charge in [-0.15, -0.1) is 0 Å². The van der Waals surface area contributed by atoms with E-state index in [1.165, 1.54) is 0 Å². The molecule has 0 spiro atoms. The Kier molecular flexibility index (Phi) is 5.20. The quantitative estimate of drug-likeness (QED) is 0.653. The van der Waals surface area contributed by atoms with Gasteiger partial charge in [0.15, 0.2) is 0 Å². The molecule has 2 rings (SSSR count). The van der Waals surface area contributed by atoms with Crippen LogP contribution in [-0.2, 0) is 4.79 Å².